The smallest absolute Gasteiger partial charge is 0.172 e. The maximum atomic E-state index is 12.0. The SMILES string of the molecule is C=CC(C)(C)C(=O)c1ccccc1C. The van der Waals surface area contributed by atoms with Crippen molar-refractivity contribution in [3.05, 3.63) is 48.0 Å². The number of aryl methyl sites for hydroxylation is 1. The molecule has 0 amide bonds. The molecule has 0 aliphatic heterocycles. The highest BCUT2D eigenvalue weighted by Crippen LogP contribution is 2.24. The summed E-state index contributed by atoms with van der Waals surface area (Å²) in [5.74, 6) is 0.130. The normalized spacial score (nSPS) is 11.1. The van der Waals surface area contributed by atoms with E-state index in [1.807, 2.05) is 45.0 Å². The number of Topliss-reactive ketones (excluding diaryl/α,β-unsaturated/α-hetero) is 1. The second-order valence-electron chi connectivity index (χ2n) is 4.07. The van der Waals surface area contributed by atoms with E-state index in [9.17, 15) is 4.79 Å². The van der Waals surface area contributed by atoms with Gasteiger partial charge in [0, 0.05) is 11.0 Å². The van der Waals surface area contributed by atoms with E-state index in [4.69, 9.17) is 0 Å². The summed E-state index contributed by atoms with van der Waals surface area (Å²) >= 11 is 0. The Morgan fingerprint density at radius 1 is 1.36 bits per heavy atom. The molecule has 1 rings (SSSR count). The average molecular weight is 188 g/mol. The third-order valence-corrected chi connectivity index (χ3v) is 2.49. The molecule has 0 heterocycles. The van der Waals surface area contributed by atoms with E-state index in [2.05, 4.69) is 6.58 Å². The molecule has 0 spiro atoms. The summed E-state index contributed by atoms with van der Waals surface area (Å²) in [5.41, 5.74) is 1.33. The molecule has 0 bridgehead atoms. The molecule has 0 aliphatic rings. The van der Waals surface area contributed by atoms with Crippen LogP contribution in [0.4, 0.5) is 0 Å². The van der Waals surface area contributed by atoms with Crippen molar-refractivity contribution in [2.75, 3.05) is 0 Å². The number of hydrogen-bond donors (Lipinski definition) is 0. The molecule has 0 unspecified atom stereocenters. The molecule has 0 aromatic heterocycles. The molecule has 1 nitrogen and oxygen atoms in total. The van der Waals surface area contributed by atoms with Crippen LogP contribution in [0.5, 0.6) is 0 Å². The second-order valence-corrected chi connectivity index (χ2v) is 4.07. The fourth-order valence-electron chi connectivity index (χ4n) is 1.27. The minimum Gasteiger partial charge on any atom is -0.293 e. The number of carbonyl (C=O) groups excluding carboxylic acids is 1. The Kier molecular flexibility index (Phi) is 2.90. The van der Waals surface area contributed by atoms with Gasteiger partial charge >= 0.3 is 0 Å². The van der Waals surface area contributed by atoms with Crippen LogP contribution in [0.25, 0.3) is 0 Å². The highest BCUT2D eigenvalue weighted by atomic mass is 16.1. The molecule has 0 radical (unpaired) electrons. The topological polar surface area (TPSA) is 17.1 Å². The second kappa shape index (κ2) is 3.79. The number of benzene rings is 1. The first-order chi connectivity index (χ1) is 6.49. The minimum atomic E-state index is -0.480. The van der Waals surface area contributed by atoms with E-state index in [1.165, 1.54) is 0 Å². The van der Waals surface area contributed by atoms with Crippen LogP contribution in [0.2, 0.25) is 0 Å². The van der Waals surface area contributed by atoms with Gasteiger partial charge in [-0.25, -0.2) is 0 Å². The van der Waals surface area contributed by atoms with E-state index in [0.717, 1.165) is 11.1 Å². The largest absolute Gasteiger partial charge is 0.293 e. The number of carbonyl (C=O) groups is 1. The fourth-order valence-corrected chi connectivity index (χ4v) is 1.27. The van der Waals surface area contributed by atoms with Gasteiger partial charge in [-0.05, 0) is 26.3 Å². The van der Waals surface area contributed by atoms with Gasteiger partial charge in [-0.3, -0.25) is 4.79 Å². The lowest BCUT2D eigenvalue weighted by Gasteiger charge is -2.19. The van der Waals surface area contributed by atoms with E-state index < -0.39 is 5.41 Å². The highest BCUT2D eigenvalue weighted by Gasteiger charge is 2.25. The monoisotopic (exact) mass is 188 g/mol. The Hall–Kier alpha value is -1.37. The first-order valence-electron chi connectivity index (χ1n) is 4.73. The van der Waals surface area contributed by atoms with E-state index in [-0.39, 0.29) is 5.78 Å². The molecule has 1 heteroatoms. The van der Waals surface area contributed by atoms with Crippen molar-refractivity contribution in [2.45, 2.75) is 20.8 Å². The lowest BCUT2D eigenvalue weighted by atomic mass is 9.83. The van der Waals surface area contributed by atoms with Crippen molar-refractivity contribution < 1.29 is 4.79 Å². The van der Waals surface area contributed by atoms with Crippen molar-refractivity contribution in [2.24, 2.45) is 5.41 Å². The molecule has 74 valence electrons. The molecule has 1 aromatic carbocycles. The minimum absolute atomic E-state index is 0.130. The van der Waals surface area contributed by atoms with Gasteiger partial charge in [0.25, 0.3) is 0 Å². The molecule has 0 aliphatic carbocycles. The average Bonchev–Trinajstić information content (AvgIpc) is 2.17. The Morgan fingerprint density at radius 3 is 2.43 bits per heavy atom. The van der Waals surface area contributed by atoms with Crippen molar-refractivity contribution in [3.63, 3.8) is 0 Å². The Morgan fingerprint density at radius 2 is 1.93 bits per heavy atom. The van der Waals surface area contributed by atoms with Crippen molar-refractivity contribution in [1.82, 2.24) is 0 Å². The molecule has 0 N–H and O–H groups in total. The maximum absolute atomic E-state index is 12.0. The van der Waals surface area contributed by atoms with E-state index >= 15 is 0 Å². The summed E-state index contributed by atoms with van der Waals surface area (Å²) in [6.07, 6.45) is 1.70. The zero-order chi connectivity index (χ0) is 10.8. The zero-order valence-corrected chi connectivity index (χ0v) is 9.00. The summed E-state index contributed by atoms with van der Waals surface area (Å²) in [6.45, 7) is 9.41. The zero-order valence-electron chi connectivity index (χ0n) is 9.00. The number of ketones is 1. The Balaban J connectivity index is 3.13. The van der Waals surface area contributed by atoms with Crippen LogP contribution >= 0.6 is 0 Å². The first-order valence-corrected chi connectivity index (χ1v) is 4.73. The third-order valence-electron chi connectivity index (χ3n) is 2.49. The van der Waals surface area contributed by atoms with Crippen molar-refractivity contribution >= 4 is 5.78 Å². The van der Waals surface area contributed by atoms with Crippen LogP contribution in [0.3, 0.4) is 0 Å². The van der Waals surface area contributed by atoms with Crippen LogP contribution < -0.4 is 0 Å². The Labute approximate surface area is 85.5 Å². The summed E-state index contributed by atoms with van der Waals surface area (Å²) in [7, 11) is 0. The quantitative estimate of drug-likeness (QED) is 0.525. The summed E-state index contributed by atoms with van der Waals surface area (Å²) in [6, 6.07) is 7.64. The summed E-state index contributed by atoms with van der Waals surface area (Å²) in [4.78, 5) is 12.0. The predicted molar refractivity (Wildman–Crippen MR) is 59.5 cm³/mol. The van der Waals surface area contributed by atoms with Crippen molar-refractivity contribution in [1.29, 1.82) is 0 Å². The van der Waals surface area contributed by atoms with Crippen LogP contribution in [0.1, 0.15) is 29.8 Å². The summed E-state index contributed by atoms with van der Waals surface area (Å²) in [5, 5.41) is 0. The van der Waals surface area contributed by atoms with Gasteiger partial charge in [0.15, 0.2) is 5.78 Å². The highest BCUT2D eigenvalue weighted by molar-refractivity contribution is 6.02. The lowest BCUT2D eigenvalue weighted by Crippen LogP contribution is -2.22. The van der Waals surface area contributed by atoms with Crippen molar-refractivity contribution in [3.8, 4) is 0 Å². The molecule has 0 atom stereocenters. The van der Waals surface area contributed by atoms with Crippen LogP contribution in [-0.4, -0.2) is 5.78 Å². The molecule has 0 saturated carbocycles. The number of hydrogen-bond acceptors (Lipinski definition) is 1. The standard InChI is InChI=1S/C13H16O/c1-5-13(3,4)12(14)11-9-7-6-8-10(11)2/h5-9H,1H2,2-4H3. The van der Waals surface area contributed by atoms with Gasteiger partial charge in [0.2, 0.25) is 0 Å². The molecule has 1 aromatic rings. The number of allylic oxidation sites excluding steroid dienone is 1. The van der Waals surface area contributed by atoms with Crippen LogP contribution in [0.15, 0.2) is 36.9 Å². The van der Waals surface area contributed by atoms with Gasteiger partial charge < -0.3 is 0 Å². The van der Waals surface area contributed by atoms with Gasteiger partial charge in [-0.15, -0.1) is 6.58 Å². The molecule has 0 fully saturated rings. The van der Waals surface area contributed by atoms with Gasteiger partial charge in [-0.1, -0.05) is 30.3 Å². The molecule has 0 saturated heterocycles. The van der Waals surface area contributed by atoms with Crippen LogP contribution in [0, 0.1) is 12.3 Å². The van der Waals surface area contributed by atoms with Gasteiger partial charge in [0.1, 0.15) is 0 Å². The third kappa shape index (κ3) is 1.92. The van der Waals surface area contributed by atoms with Crippen LogP contribution in [-0.2, 0) is 0 Å². The number of rotatable bonds is 3. The predicted octanol–water partition coefficient (Wildman–Crippen LogP) is 3.39. The fraction of sp³-hybridized carbons (Fsp3) is 0.308. The molecular formula is C13H16O. The molecular weight excluding hydrogens is 172 g/mol. The maximum Gasteiger partial charge on any atom is 0.172 e. The van der Waals surface area contributed by atoms with Gasteiger partial charge in [-0.2, -0.15) is 0 Å². The Bertz CT molecular complexity index is 361. The summed E-state index contributed by atoms with van der Waals surface area (Å²) < 4.78 is 0. The first kappa shape index (κ1) is 10.7. The molecule has 14 heavy (non-hydrogen) atoms. The lowest BCUT2D eigenvalue weighted by molar-refractivity contribution is 0.0885. The van der Waals surface area contributed by atoms with E-state index in [0.29, 0.717) is 0 Å². The van der Waals surface area contributed by atoms with Gasteiger partial charge in [0.05, 0.1) is 0 Å². The van der Waals surface area contributed by atoms with E-state index in [1.54, 1.807) is 6.08 Å².